The predicted octanol–water partition coefficient (Wildman–Crippen LogP) is 3.60. The number of fused-ring (bicyclic) bond motifs is 1. The van der Waals surface area contributed by atoms with E-state index >= 15 is 0 Å². The van der Waals surface area contributed by atoms with Crippen LogP contribution in [-0.2, 0) is 37.5 Å². The molecule has 5 nitrogen and oxygen atoms in total. The van der Waals surface area contributed by atoms with Crippen molar-refractivity contribution in [1.29, 1.82) is 0 Å². The summed E-state index contributed by atoms with van der Waals surface area (Å²) in [5.74, 6) is 2.27. The van der Waals surface area contributed by atoms with Crippen LogP contribution in [0.15, 0.2) is 36.0 Å². The third-order valence-corrected chi connectivity index (χ3v) is 5.43. The van der Waals surface area contributed by atoms with Crippen LogP contribution in [0.25, 0.3) is 0 Å². The minimum absolute atomic E-state index is 0. The number of nitrogens with zero attached hydrogens (tertiary/aromatic N) is 1. The first-order valence-electron chi connectivity index (χ1n) is 8.70. The molecule has 1 heterocycles. The fraction of sp³-hybridized carbons (Fsp3) is 0.450. The number of likely N-dealkylation sites (tertiary alicyclic amines) is 1. The van der Waals surface area contributed by atoms with Crippen LogP contribution in [-0.4, -0.2) is 42.5 Å². The second-order valence-corrected chi connectivity index (χ2v) is 7.46. The minimum Gasteiger partial charge on any atom is -0.493 e. The number of halogens is 1. The Kier molecular flexibility index (Phi) is 11.3. The Labute approximate surface area is 201 Å². The molecule has 3 rings (SSSR count). The first-order valence-corrected chi connectivity index (χ1v) is 9.78. The molecule has 147 valence electrons. The second-order valence-electron chi connectivity index (χ2n) is 6.40. The largest absolute Gasteiger partial charge is 0.493 e. The monoisotopic (exact) mass is 559 g/mol. The Morgan fingerprint density at radius 2 is 1.89 bits per heavy atom. The zero-order valence-corrected chi connectivity index (χ0v) is 21.2. The Morgan fingerprint density at radius 1 is 1.30 bits per heavy atom. The molecule has 1 radical (unpaired) electrons. The summed E-state index contributed by atoms with van der Waals surface area (Å²) in [6, 6.07) is 8.36. The molecule has 7 heteroatoms. The van der Waals surface area contributed by atoms with Crippen molar-refractivity contribution in [3.63, 3.8) is 0 Å². The van der Waals surface area contributed by atoms with Crippen molar-refractivity contribution < 1.29 is 47.0 Å². The molecular weight excluding hydrogens is 532 g/mol. The number of benzene rings is 1. The average molecular weight is 559 g/mol. The molecule has 0 amide bonds. The molecule has 1 aromatic carbocycles. The van der Waals surface area contributed by atoms with E-state index in [-0.39, 0.29) is 42.5 Å². The fourth-order valence-electron chi connectivity index (χ4n) is 3.22. The first kappa shape index (κ1) is 24.7. The summed E-state index contributed by atoms with van der Waals surface area (Å²) in [7, 11) is 5.38. The van der Waals surface area contributed by atoms with Gasteiger partial charge in [-0.3, -0.25) is 4.79 Å². The normalized spacial score (nSPS) is 19.0. The van der Waals surface area contributed by atoms with Gasteiger partial charge in [0.15, 0.2) is 15.3 Å². The Bertz CT molecular complexity index is 618. The molecule has 2 aliphatic rings. The van der Waals surface area contributed by atoms with E-state index in [2.05, 4.69) is 30.3 Å². The number of carbonyl (C=O) groups is 1. The molecule has 0 bridgehead atoms. The summed E-state index contributed by atoms with van der Waals surface area (Å²) >= 11 is 1.79. The van der Waals surface area contributed by atoms with Crippen LogP contribution in [0.5, 0.6) is 11.5 Å². The van der Waals surface area contributed by atoms with Crippen molar-refractivity contribution in [2.45, 2.75) is 25.3 Å². The van der Waals surface area contributed by atoms with Gasteiger partial charge in [0.1, 0.15) is 0 Å². The van der Waals surface area contributed by atoms with Gasteiger partial charge in [-0.25, -0.2) is 0 Å². The van der Waals surface area contributed by atoms with Crippen LogP contribution >= 0.6 is 22.6 Å². The van der Waals surface area contributed by atoms with E-state index < -0.39 is 0 Å². The quantitative estimate of drug-likeness (QED) is 0.340. The van der Waals surface area contributed by atoms with Crippen LogP contribution in [0.4, 0.5) is 0 Å². The molecule has 1 aliphatic heterocycles. The van der Waals surface area contributed by atoms with Gasteiger partial charge in [-0.1, -0.05) is 36.9 Å². The van der Waals surface area contributed by atoms with Gasteiger partial charge in [0.2, 0.25) is 0 Å². The Balaban J connectivity index is 0.000000288. The van der Waals surface area contributed by atoms with Crippen molar-refractivity contribution in [3.05, 3.63) is 49.0 Å². The molecule has 1 aliphatic carbocycles. The maximum absolute atomic E-state index is 11.1. The van der Waals surface area contributed by atoms with Gasteiger partial charge in [-0.15, -0.1) is 5.70 Å². The van der Waals surface area contributed by atoms with E-state index in [1.807, 2.05) is 24.3 Å². The summed E-state index contributed by atoms with van der Waals surface area (Å²) in [6.45, 7) is 4.96. The molecule has 2 unspecified atom stereocenters. The molecule has 2 atom stereocenters. The molecule has 1 saturated heterocycles. The maximum atomic E-state index is 11.1. The van der Waals surface area contributed by atoms with Crippen LogP contribution in [0.2, 0.25) is 0 Å². The third kappa shape index (κ3) is 7.22. The molecular formula is C20H27IN2O3Y-2. The van der Waals surface area contributed by atoms with Crippen molar-refractivity contribution in [1.82, 2.24) is 10.2 Å². The number of nitrogens with one attached hydrogen (secondary N) is 1. The zero-order valence-electron chi connectivity index (χ0n) is 16.2. The summed E-state index contributed by atoms with van der Waals surface area (Å²) in [6.07, 6.45) is 5.71. The minimum atomic E-state index is -0.323. The van der Waals surface area contributed by atoms with Crippen LogP contribution in [0.1, 0.15) is 19.3 Å². The van der Waals surface area contributed by atoms with E-state index in [1.165, 1.54) is 18.5 Å². The van der Waals surface area contributed by atoms with Gasteiger partial charge in [-0.2, -0.15) is 12.1 Å². The van der Waals surface area contributed by atoms with E-state index in [9.17, 15) is 4.79 Å². The number of methoxy groups -OCH3 is 2. The number of hydrogen-bond donors (Lipinski definition) is 1. The van der Waals surface area contributed by atoms with Gasteiger partial charge in [0.25, 0.3) is 0 Å². The molecule has 1 fully saturated rings. The van der Waals surface area contributed by atoms with Crippen LogP contribution < -0.4 is 14.8 Å². The van der Waals surface area contributed by atoms with Gasteiger partial charge < -0.3 is 26.6 Å². The summed E-state index contributed by atoms with van der Waals surface area (Å²) < 4.78 is 10.1. The van der Waals surface area contributed by atoms with Gasteiger partial charge in [-0.05, 0) is 54.7 Å². The summed E-state index contributed by atoms with van der Waals surface area (Å²) in [5.41, 5.74) is 1.42. The number of rotatable bonds is 5. The molecule has 0 aromatic heterocycles. The molecule has 1 aromatic rings. The summed E-state index contributed by atoms with van der Waals surface area (Å²) in [5, 5.41) is 3.20. The number of ether oxygens (including phenoxy) is 2. The number of carbonyl (C=O) groups excluding carboxylic acids is 1. The molecule has 1 N–H and O–H groups in total. The van der Waals surface area contributed by atoms with Crippen molar-refractivity contribution in [3.8, 4) is 11.5 Å². The van der Waals surface area contributed by atoms with Crippen LogP contribution in [0, 0.1) is 18.9 Å². The third-order valence-electron chi connectivity index (χ3n) is 4.68. The molecule has 27 heavy (non-hydrogen) atoms. The maximum Gasteiger partial charge on any atom is 0.177 e. The number of para-hydroxylation sites is 2. The van der Waals surface area contributed by atoms with E-state index in [1.54, 1.807) is 36.8 Å². The number of allylic oxidation sites excluding steroid dienone is 1. The van der Waals surface area contributed by atoms with E-state index in [0.29, 0.717) is 0 Å². The van der Waals surface area contributed by atoms with E-state index in [0.717, 1.165) is 36.4 Å². The van der Waals surface area contributed by atoms with Crippen molar-refractivity contribution in [2.75, 3.05) is 27.8 Å². The van der Waals surface area contributed by atoms with Gasteiger partial charge >= 0.3 is 0 Å². The SMILES string of the molecule is COc1ccccc1OC.[CH2-]C(N[C-]1C=C2C(CC1)CCN2C)C(=O)I.[Y]. The smallest absolute Gasteiger partial charge is 0.177 e. The average Bonchev–Trinajstić information content (AvgIpc) is 3.02. The number of hydrogen-bond acceptors (Lipinski definition) is 5. The van der Waals surface area contributed by atoms with Crippen molar-refractivity contribution in [2.24, 2.45) is 5.92 Å². The van der Waals surface area contributed by atoms with Crippen LogP contribution in [0.3, 0.4) is 0 Å². The Morgan fingerprint density at radius 3 is 2.41 bits per heavy atom. The topological polar surface area (TPSA) is 50.8 Å². The first-order chi connectivity index (χ1) is 12.5. The Hall–Kier alpha value is -0.306. The molecule has 0 saturated carbocycles. The van der Waals surface area contributed by atoms with E-state index in [4.69, 9.17) is 9.47 Å². The predicted molar refractivity (Wildman–Crippen MR) is 112 cm³/mol. The van der Waals surface area contributed by atoms with Gasteiger partial charge in [0.05, 0.1) is 14.2 Å². The second kappa shape index (κ2) is 12.3. The van der Waals surface area contributed by atoms with Crippen molar-refractivity contribution >= 4 is 26.4 Å². The fourth-order valence-corrected chi connectivity index (χ4v) is 3.38. The molecule has 0 spiro atoms. The zero-order chi connectivity index (χ0) is 19.1. The van der Waals surface area contributed by atoms with Gasteiger partial charge in [0, 0.05) is 32.7 Å². The summed E-state index contributed by atoms with van der Waals surface area (Å²) in [4.78, 5) is 13.4. The standard InChI is InChI=1S/C12H17IN2O.C8H10O2.Y/c1-8(12(13)16)14-10-4-3-9-5-6-15(2)11(9)7-10;1-9-7-5-3-4-6-8(7)10-2;/h7-9,14H,1,3-6H2,2H3;3-6H,1-2H3;/q-2;;.